The summed E-state index contributed by atoms with van der Waals surface area (Å²) < 4.78 is 1.11. The second kappa shape index (κ2) is 4.06. The van der Waals surface area contributed by atoms with Crippen molar-refractivity contribution in [1.82, 2.24) is 0 Å². The Bertz CT molecular complexity index is 479. The Morgan fingerprint density at radius 3 is 2.81 bits per heavy atom. The van der Waals surface area contributed by atoms with Gasteiger partial charge in [0.15, 0.2) is 0 Å². The lowest BCUT2D eigenvalue weighted by Crippen LogP contribution is -2.29. The van der Waals surface area contributed by atoms with Gasteiger partial charge in [-0.05, 0) is 43.5 Å². The first kappa shape index (κ1) is 11.4. The van der Waals surface area contributed by atoms with Gasteiger partial charge in [0.25, 0.3) is 5.91 Å². The highest BCUT2D eigenvalue weighted by atomic mass is 79.9. The van der Waals surface area contributed by atoms with Crippen LogP contribution in [0.2, 0.25) is 0 Å². The molecule has 0 saturated heterocycles. The Labute approximate surface area is 104 Å². The van der Waals surface area contributed by atoms with E-state index in [0.29, 0.717) is 5.57 Å². The predicted molar refractivity (Wildman–Crippen MR) is 69.8 cm³/mol. The number of halogens is 1. The zero-order valence-electron chi connectivity index (χ0n) is 9.51. The fourth-order valence-corrected chi connectivity index (χ4v) is 2.34. The van der Waals surface area contributed by atoms with Crippen LogP contribution in [0.5, 0.6) is 0 Å². The third kappa shape index (κ3) is 1.80. The number of fused-ring (bicyclic) bond motifs is 1. The molecule has 0 spiro atoms. The fraction of sp³-hybridized carbons (Fsp3) is 0.308. The largest absolute Gasteiger partial charge is 0.308 e. The summed E-state index contributed by atoms with van der Waals surface area (Å²) in [5.74, 6) is 0.0282. The fourth-order valence-electron chi connectivity index (χ4n) is 1.95. The number of hydrogen-bond acceptors (Lipinski definition) is 1. The molecular formula is C13H14BrNO. The number of aryl methyl sites for hydroxylation is 1. The summed E-state index contributed by atoms with van der Waals surface area (Å²) in [6, 6.07) is 4.17. The summed E-state index contributed by atoms with van der Waals surface area (Å²) in [5, 5.41) is 0. The van der Waals surface area contributed by atoms with E-state index in [9.17, 15) is 4.79 Å². The third-order valence-corrected chi connectivity index (χ3v) is 3.72. The van der Waals surface area contributed by atoms with Crippen molar-refractivity contribution in [2.24, 2.45) is 0 Å². The average Bonchev–Trinajstić information content (AvgIpc) is 2.60. The van der Waals surface area contributed by atoms with Gasteiger partial charge in [-0.1, -0.05) is 22.5 Å². The van der Waals surface area contributed by atoms with Crippen molar-refractivity contribution in [3.05, 3.63) is 39.9 Å². The monoisotopic (exact) mass is 279 g/mol. The van der Waals surface area contributed by atoms with E-state index in [0.717, 1.165) is 28.7 Å². The van der Waals surface area contributed by atoms with Crippen molar-refractivity contribution in [1.29, 1.82) is 0 Å². The van der Waals surface area contributed by atoms with Crippen molar-refractivity contribution in [3.63, 3.8) is 0 Å². The molecule has 2 nitrogen and oxygen atoms in total. The van der Waals surface area contributed by atoms with E-state index in [-0.39, 0.29) is 5.91 Å². The number of rotatable bonds is 1. The van der Waals surface area contributed by atoms with Gasteiger partial charge in [0, 0.05) is 22.3 Å². The molecule has 1 aliphatic rings. The second-order valence-corrected chi connectivity index (χ2v) is 5.07. The molecule has 1 aromatic rings. The zero-order valence-corrected chi connectivity index (χ0v) is 11.1. The van der Waals surface area contributed by atoms with Gasteiger partial charge in [-0.3, -0.25) is 4.79 Å². The van der Waals surface area contributed by atoms with E-state index in [1.54, 1.807) is 6.92 Å². The van der Waals surface area contributed by atoms with Gasteiger partial charge in [-0.2, -0.15) is 0 Å². The smallest absolute Gasteiger partial charge is 0.253 e. The van der Waals surface area contributed by atoms with E-state index in [1.165, 1.54) is 5.56 Å². The number of benzene rings is 1. The van der Waals surface area contributed by atoms with Crippen molar-refractivity contribution in [3.8, 4) is 0 Å². The summed E-state index contributed by atoms with van der Waals surface area (Å²) in [7, 11) is 0. The molecule has 16 heavy (non-hydrogen) atoms. The third-order valence-electron chi connectivity index (χ3n) is 2.87. The maximum absolute atomic E-state index is 11.9. The van der Waals surface area contributed by atoms with E-state index >= 15 is 0 Å². The molecule has 0 aromatic heterocycles. The molecule has 0 aliphatic carbocycles. The van der Waals surface area contributed by atoms with Crippen molar-refractivity contribution >= 4 is 27.5 Å². The first-order chi connectivity index (χ1) is 7.50. The Balaban J connectivity index is 2.43. The quantitative estimate of drug-likeness (QED) is 0.723. The summed E-state index contributed by atoms with van der Waals surface area (Å²) in [5.41, 5.74) is 4.01. The molecule has 0 unspecified atom stereocenters. The normalized spacial score (nSPS) is 13.8. The number of hydrogen-bond donors (Lipinski definition) is 0. The maximum Gasteiger partial charge on any atom is 0.253 e. The Kier molecular flexibility index (Phi) is 2.89. The molecule has 0 saturated carbocycles. The standard InChI is InChI=1S/C13H14BrNO/c1-8(2)13(16)15-5-4-10-7-11(14)9(3)6-12(10)15/h6-7H,1,4-5H2,2-3H3. The first-order valence-electron chi connectivity index (χ1n) is 5.27. The predicted octanol–water partition coefficient (Wildman–Crippen LogP) is 3.22. The lowest BCUT2D eigenvalue weighted by atomic mass is 10.1. The van der Waals surface area contributed by atoms with Crippen LogP contribution in [0.25, 0.3) is 0 Å². The topological polar surface area (TPSA) is 20.3 Å². The highest BCUT2D eigenvalue weighted by molar-refractivity contribution is 9.10. The number of nitrogens with zero attached hydrogens (tertiary/aromatic N) is 1. The molecule has 3 heteroatoms. The van der Waals surface area contributed by atoms with Gasteiger partial charge >= 0.3 is 0 Å². The molecule has 0 atom stereocenters. The van der Waals surface area contributed by atoms with Gasteiger partial charge in [-0.25, -0.2) is 0 Å². The van der Waals surface area contributed by atoms with E-state index in [4.69, 9.17) is 0 Å². The Morgan fingerprint density at radius 1 is 1.50 bits per heavy atom. The molecule has 1 aromatic carbocycles. The summed E-state index contributed by atoms with van der Waals surface area (Å²) in [4.78, 5) is 13.7. The van der Waals surface area contributed by atoms with Gasteiger partial charge in [0.2, 0.25) is 0 Å². The van der Waals surface area contributed by atoms with Crippen LogP contribution in [0.4, 0.5) is 5.69 Å². The molecule has 0 bridgehead atoms. The average molecular weight is 280 g/mol. The second-order valence-electron chi connectivity index (χ2n) is 4.22. The summed E-state index contributed by atoms with van der Waals surface area (Å²) in [6.45, 7) is 8.26. The molecule has 2 rings (SSSR count). The minimum absolute atomic E-state index is 0.0282. The SMILES string of the molecule is C=C(C)C(=O)N1CCc2cc(Br)c(C)cc21. The minimum atomic E-state index is 0.0282. The number of carbonyl (C=O) groups excluding carboxylic acids is 1. The zero-order chi connectivity index (χ0) is 11.9. The first-order valence-corrected chi connectivity index (χ1v) is 6.06. The van der Waals surface area contributed by atoms with Crippen molar-refractivity contribution < 1.29 is 4.79 Å². The molecule has 1 heterocycles. The van der Waals surface area contributed by atoms with Gasteiger partial charge in [0.05, 0.1) is 0 Å². The van der Waals surface area contributed by atoms with Crippen molar-refractivity contribution in [2.75, 3.05) is 11.4 Å². The van der Waals surface area contributed by atoms with Crippen LogP contribution in [0.15, 0.2) is 28.8 Å². The number of anilines is 1. The van der Waals surface area contributed by atoms with Gasteiger partial charge in [-0.15, -0.1) is 0 Å². The van der Waals surface area contributed by atoms with E-state index in [2.05, 4.69) is 34.6 Å². The number of carbonyl (C=O) groups is 1. The highest BCUT2D eigenvalue weighted by Crippen LogP contribution is 2.33. The van der Waals surface area contributed by atoms with Crippen LogP contribution >= 0.6 is 15.9 Å². The highest BCUT2D eigenvalue weighted by Gasteiger charge is 2.25. The Hall–Kier alpha value is -1.09. The van der Waals surface area contributed by atoms with Crippen LogP contribution in [0.3, 0.4) is 0 Å². The van der Waals surface area contributed by atoms with Gasteiger partial charge < -0.3 is 4.90 Å². The Morgan fingerprint density at radius 2 is 2.19 bits per heavy atom. The molecule has 0 fully saturated rings. The maximum atomic E-state index is 11.9. The van der Waals surface area contributed by atoms with E-state index < -0.39 is 0 Å². The molecule has 1 amide bonds. The minimum Gasteiger partial charge on any atom is -0.308 e. The van der Waals surface area contributed by atoms with Crippen LogP contribution in [-0.2, 0) is 11.2 Å². The number of amides is 1. The van der Waals surface area contributed by atoms with Crippen LogP contribution in [0.1, 0.15) is 18.1 Å². The lowest BCUT2D eigenvalue weighted by Gasteiger charge is -2.17. The molecule has 1 aliphatic heterocycles. The van der Waals surface area contributed by atoms with Crippen molar-refractivity contribution in [2.45, 2.75) is 20.3 Å². The van der Waals surface area contributed by atoms with Gasteiger partial charge in [0.1, 0.15) is 0 Å². The van der Waals surface area contributed by atoms with Crippen LogP contribution in [0, 0.1) is 6.92 Å². The van der Waals surface area contributed by atoms with Crippen LogP contribution in [-0.4, -0.2) is 12.5 Å². The lowest BCUT2D eigenvalue weighted by molar-refractivity contribution is -0.115. The molecule has 0 N–H and O–H groups in total. The summed E-state index contributed by atoms with van der Waals surface area (Å²) >= 11 is 3.51. The van der Waals surface area contributed by atoms with E-state index in [1.807, 2.05) is 11.8 Å². The molecule has 84 valence electrons. The summed E-state index contributed by atoms with van der Waals surface area (Å²) in [6.07, 6.45) is 0.924. The molecule has 0 radical (unpaired) electrons. The molecular weight excluding hydrogens is 266 g/mol. The van der Waals surface area contributed by atoms with Crippen LogP contribution < -0.4 is 4.90 Å².